The monoisotopic (exact) mass is 427 g/mol. The summed E-state index contributed by atoms with van der Waals surface area (Å²) in [5, 5.41) is 21.3. The molecule has 1 aromatic carbocycles. The van der Waals surface area contributed by atoms with Crippen molar-refractivity contribution >= 4 is 56.4 Å². The van der Waals surface area contributed by atoms with Gasteiger partial charge in [0.2, 0.25) is 5.13 Å². The van der Waals surface area contributed by atoms with Crippen LogP contribution in [0.25, 0.3) is 21.5 Å². The maximum absolute atomic E-state index is 12.1. The first-order valence-corrected chi connectivity index (χ1v) is 9.95. The van der Waals surface area contributed by atoms with E-state index in [9.17, 15) is 4.79 Å². The summed E-state index contributed by atoms with van der Waals surface area (Å²) in [7, 11) is 0. The Labute approximate surface area is 173 Å². The average molecular weight is 428 g/mol. The van der Waals surface area contributed by atoms with Crippen LogP contribution in [-0.4, -0.2) is 51.0 Å². The molecule has 4 heterocycles. The van der Waals surface area contributed by atoms with Crippen molar-refractivity contribution in [1.82, 2.24) is 25.4 Å². The minimum Gasteiger partial charge on any atom is -0.370 e. The Bertz CT molecular complexity index is 1210. The van der Waals surface area contributed by atoms with Gasteiger partial charge < -0.3 is 10.1 Å². The van der Waals surface area contributed by atoms with Gasteiger partial charge in [0.05, 0.1) is 35.6 Å². The van der Waals surface area contributed by atoms with Gasteiger partial charge in [-0.2, -0.15) is 5.10 Å². The van der Waals surface area contributed by atoms with Crippen molar-refractivity contribution in [3.05, 3.63) is 41.7 Å². The molecule has 146 valence electrons. The number of hydrogen-bond acceptors (Lipinski definition) is 8. The minimum atomic E-state index is -0.107. The molecule has 0 atom stereocenters. The van der Waals surface area contributed by atoms with E-state index in [1.165, 1.54) is 11.3 Å². The molecule has 4 aromatic rings. The van der Waals surface area contributed by atoms with Crippen molar-refractivity contribution in [1.29, 1.82) is 0 Å². The van der Waals surface area contributed by atoms with E-state index in [4.69, 9.17) is 16.3 Å². The van der Waals surface area contributed by atoms with Crippen LogP contribution in [0.2, 0.25) is 5.02 Å². The van der Waals surface area contributed by atoms with Crippen LogP contribution >= 0.6 is 22.9 Å². The highest BCUT2D eigenvalue weighted by Gasteiger charge is 2.22. The Morgan fingerprint density at radius 2 is 2.21 bits per heavy atom. The number of aromatic amines is 1. The molecule has 3 aromatic heterocycles. The van der Waals surface area contributed by atoms with Crippen LogP contribution in [0, 0.1) is 0 Å². The molecule has 11 heteroatoms. The number of aromatic nitrogens is 5. The molecule has 2 N–H and O–H groups in total. The van der Waals surface area contributed by atoms with E-state index in [-0.39, 0.29) is 12.5 Å². The number of H-pyrrole nitrogens is 1. The van der Waals surface area contributed by atoms with E-state index < -0.39 is 0 Å². The van der Waals surface area contributed by atoms with E-state index in [1.54, 1.807) is 17.3 Å². The third-order valence-corrected chi connectivity index (χ3v) is 5.77. The van der Waals surface area contributed by atoms with Gasteiger partial charge in [0.1, 0.15) is 17.4 Å². The van der Waals surface area contributed by atoms with Crippen molar-refractivity contribution in [2.24, 2.45) is 0 Å². The number of amides is 1. The maximum Gasteiger partial charge on any atom is 0.254 e. The zero-order chi connectivity index (χ0) is 19.8. The van der Waals surface area contributed by atoms with E-state index in [1.807, 2.05) is 24.3 Å². The number of pyridine rings is 1. The molecule has 0 radical (unpaired) electrons. The van der Waals surface area contributed by atoms with Crippen LogP contribution in [0.1, 0.15) is 0 Å². The number of carbonyl (C=O) groups excluding carboxylic acids is 1. The molecule has 9 nitrogen and oxygen atoms in total. The average Bonchev–Trinajstić information content (AvgIpc) is 3.41. The molecule has 1 fully saturated rings. The molecular weight excluding hydrogens is 414 g/mol. The van der Waals surface area contributed by atoms with Crippen LogP contribution in [-0.2, 0) is 9.53 Å². The molecule has 29 heavy (non-hydrogen) atoms. The largest absolute Gasteiger partial charge is 0.370 e. The number of carbonyl (C=O) groups is 1. The zero-order valence-electron chi connectivity index (χ0n) is 14.9. The van der Waals surface area contributed by atoms with Crippen molar-refractivity contribution in [2.45, 2.75) is 0 Å². The molecular formula is C18H14ClN7O2S. The van der Waals surface area contributed by atoms with Crippen molar-refractivity contribution in [3.63, 3.8) is 0 Å². The second-order valence-corrected chi connectivity index (χ2v) is 7.65. The fourth-order valence-corrected chi connectivity index (χ4v) is 4.06. The maximum atomic E-state index is 12.1. The predicted molar refractivity (Wildman–Crippen MR) is 111 cm³/mol. The van der Waals surface area contributed by atoms with Gasteiger partial charge >= 0.3 is 0 Å². The van der Waals surface area contributed by atoms with Gasteiger partial charge in [-0.3, -0.25) is 14.8 Å². The first-order valence-electron chi connectivity index (χ1n) is 8.76. The number of hydrogen-bond donors (Lipinski definition) is 2. The fraction of sp³-hybridized carbons (Fsp3) is 0.167. The minimum absolute atomic E-state index is 0.0700. The Balaban J connectivity index is 1.40. The SMILES string of the molecule is O=C1COCCN1c1cc(-c2nnc(Nc3ccc4[nH]ncc4c3Cl)s2)ccn1. The molecule has 1 aliphatic heterocycles. The van der Waals surface area contributed by atoms with Crippen molar-refractivity contribution in [2.75, 3.05) is 30.0 Å². The number of halogens is 1. The standard InChI is InChI=1S/C18H14ClN7O2S/c19-16-11-8-21-23-12(11)1-2-13(16)22-18-25-24-17(29-18)10-3-4-20-14(7-10)26-5-6-28-9-15(26)27/h1-4,7-8H,5-6,9H2,(H,21,23)(H,22,25). The molecule has 0 aliphatic carbocycles. The summed E-state index contributed by atoms with van der Waals surface area (Å²) < 4.78 is 5.18. The second kappa shape index (κ2) is 7.39. The molecule has 0 spiro atoms. The lowest BCUT2D eigenvalue weighted by molar-refractivity contribution is -0.125. The lowest BCUT2D eigenvalue weighted by Gasteiger charge is -2.25. The molecule has 1 aliphatic rings. The Hall–Kier alpha value is -3.08. The summed E-state index contributed by atoms with van der Waals surface area (Å²) in [6.07, 6.45) is 3.34. The number of morpholine rings is 1. The van der Waals surface area contributed by atoms with E-state index in [2.05, 4.69) is 30.7 Å². The lowest BCUT2D eigenvalue weighted by atomic mass is 10.2. The summed E-state index contributed by atoms with van der Waals surface area (Å²) in [6, 6.07) is 7.42. The smallest absolute Gasteiger partial charge is 0.254 e. The third-order valence-electron chi connectivity index (χ3n) is 4.48. The predicted octanol–water partition coefficient (Wildman–Crippen LogP) is 3.24. The quantitative estimate of drug-likeness (QED) is 0.514. The zero-order valence-corrected chi connectivity index (χ0v) is 16.5. The summed E-state index contributed by atoms with van der Waals surface area (Å²) in [5.74, 6) is 0.471. The molecule has 1 amide bonds. The van der Waals surface area contributed by atoms with Crippen LogP contribution < -0.4 is 10.2 Å². The number of anilines is 3. The van der Waals surface area contributed by atoms with Crippen LogP contribution in [0.5, 0.6) is 0 Å². The number of rotatable bonds is 4. The highest BCUT2D eigenvalue weighted by atomic mass is 35.5. The van der Waals surface area contributed by atoms with Gasteiger partial charge in [-0.15, -0.1) is 10.2 Å². The summed E-state index contributed by atoms with van der Waals surface area (Å²) in [5.41, 5.74) is 2.41. The van der Waals surface area contributed by atoms with E-state index in [0.29, 0.717) is 34.1 Å². The number of benzene rings is 1. The molecule has 0 bridgehead atoms. The van der Waals surface area contributed by atoms with Crippen molar-refractivity contribution in [3.8, 4) is 10.6 Å². The number of ether oxygens (including phenoxy) is 1. The van der Waals surface area contributed by atoms with Gasteiger partial charge in [0.15, 0.2) is 0 Å². The van der Waals surface area contributed by atoms with Gasteiger partial charge in [0, 0.05) is 17.1 Å². The molecule has 5 rings (SSSR count). The van der Waals surface area contributed by atoms with E-state index in [0.717, 1.165) is 22.2 Å². The molecule has 0 unspecified atom stereocenters. The van der Waals surface area contributed by atoms with Gasteiger partial charge in [-0.1, -0.05) is 22.9 Å². The summed E-state index contributed by atoms with van der Waals surface area (Å²) in [6.45, 7) is 1.04. The fourth-order valence-electron chi connectivity index (χ4n) is 3.04. The number of fused-ring (bicyclic) bond motifs is 1. The van der Waals surface area contributed by atoms with E-state index >= 15 is 0 Å². The lowest BCUT2D eigenvalue weighted by Crippen LogP contribution is -2.42. The molecule has 0 saturated carbocycles. The molecule has 1 saturated heterocycles. The van der Waals surface area contributed by atoms with Gasteiger partial charge in [-0.05, 0) is 24.3 Å². The number of nitrogens with one attached hydrogen (secondary N) is 2. The van der Waals surface area contributed by atoms with Gasteiger partial charge in [0.25, 0.3) is 5.91 Å². The highest BCUT2D eigenvalue weighted by molar-refractivity contribution is 7.18. The third kappa shape index (κ3) is 3.41. The second-order valence-electron chi connectivity index (χ2n) is 6.30. The van der Waals surface area contributed by atoms with Gasteiger partial charge in [-0.25, -0.2) is 4.98 Å². The van der Waals surface area contributed by atoms with Crippen LogP contribution in [0.3, 0.4) is 0 Å². The first-order chi connectivity index (χ1) is 14.2. The number of nitrogens with zero attached hydrogens (tertiary/aromatic N) is 5. The van der Waals surface area contributed by atoms with Crippen molar-refractivity contribution < 1.29 is 9.53 Å². The Morgan fingerprint density at radius 3 is 3.10 bits per heavy atom. The Morgan fingerprint density at radius 1 is 1.28 bits per heavy atom. The summed E-state index contributed by atoms with van der Waals surface area (Å²) >= 11 is 7.84. The topological polar surface area (TPSA) is 109 Å². The van der Waals surface area contributed by atoms with Crippen LogP contribution in [0.4, 0.5) is 16.6 Å². The first kappa shape index (κ1) is 18.0. The summed E-state index contributed by atoms with van der Waals surface area (Å²) in [4.78, 5) is 18.0. The highest BCUT2D eigenvalue weighted by Crippen LogP contribution is 2.34. The van der Waals surface area contributed by atoms with Crippen LogP contribution in [0.15, 0.2) is 36.7 Å². The normalized spacial score (nSPS) is 14.5. The Kier molecular flexibility index (Phi) is 4.58.